The summed E-state index contributed by atoms with van der Waals surface area (Å²) < 4.78 is 6.09. The zero-order chi connectivity index (χ0) is 29.8. The van der Waals surface area contributed by atoms with Crippen molar-refractivity contribution in [3.8, 4) is 0 Å². The van der Waals surface area contributed by atoms with Crippen molar-refractivity contribution in [2.45, 2.75) is 201 Å². The highest BCUT2D eigenvalue weighted by Gasteiger charge is 2.58. The minimum absolute atomic E-state index is 0.0632. The van der Waals surface area contributed by atoms with Gasteiger partial charge in [0.25, 0.3) is 0 Å². The summed E-state index contributed by atoms with van der Waals surface area (Å²) in [6.07, 6.45) is 37.0. The Morgan fingerprint density at radius 1 is 0.738 bits per heavy atom. The summed E-state index contributed by atoms with van der Waals surface area (Å²) in [5.41, 5.74) is 2.59. The van der Waals surface area contributed by atoms with Gasteiger partial charge in [0.15, 0.2) is 0 Å². The Labute approximate surface area is 262 Å². The summed E-state index contributed by atoms with van der Waals surface area (Å²) >= 11 is 0. The van der Waals surface area contributed by atoms with Crippen LogP contribution in [0.1, 0.15) is 195 Å². The number of hydrogen-bond donors (Lipinski definition) is 0. The highest BCUT2D eigenvalue weighted by atomic mass is 16.5. The van der Waals surface area contributed by atoms with E-state index in [-0.39, 0.29) is 12.1 Å². The molecule has 2 nitrogen and oxygen atoms in total. The second kappa shape index (κ2) is 17.1. The van der Waals surface area contributed by atoms with E-state index in [9.17, 15) is 4.79 Å². The summed E-state index contributed by atoms with van der Waals surface area (Å²) in [7, 11) is 0. The predicted octanol–water partition coefficient (Wildman–Crippen LogP) is 12.5. The van der Waals surface area contributed by atoms with E-state index < -0.39 is 0 Å². The molecule has 3 fully saturated rings. The molecule has 3 saturated carbocycles. The Morgan fingerprint density at radius 3 is 2.02 bits per heavy atom. The van der Waals surface area contributed by atoms with Gasteiger partial charge in [0, 0.05) is 12.8 Å². The highest BCUT2D eigenvalue weighted by Crippen LogP contribution is 2.66. The van der Waals surface area contributed by atoms with Crippen molar-refractivity contribution >= 4 is 5.97 Å². The first-order chi connectivity index (χ1) is 20.4. The van der Waals surface area contributed by atoms with Gasteiger partial charge in [-0.05, 0) is 92.3 Å². The van der Waals surface area contributed by atoms with Crippen LogP contribution in [0.3, 0.4) is 0 Å². The Bertz CT molecular complexity index is 829. The van der Waals surface area contributed by atoms with E-state index in [2.05, 4.69) is 33.8 Å². The lowest BCUT2D eigenvalue weighted by Gasteiger charge is -2.58. The number of ether oxygens (including phenoxy) is 1. The summed E-state index contributed by atoms with van der Waals surface area (Å²) in [6.45, 7) is 9.91. The van der Waals surface area contributed by atoms with Crippen molar-refractivity contribution in [3.05, 3.63) is 11.6 Å². The average molecular weight is 583 g/mol. The number of esters is 1. The average Bonchev–Trinajstić information content (AvgIpc) is 3.32. The molecule has 0 spiro atoms. The first-order valence-electron chi connectivity index (χ1n) is 19.3. The molecule has 0 aliphatic heterocycles. The van der Waals surface area contributed by atoms with E-state index in [4.69, 9.17) is 4.74 Å². The van der Waals surface area contributed by atoms with Crippen molar-refractivity contribution in [2.75, 3.05) is 0 Å². The van der Waals surface area contributed by atoms with Gasteiger partial charge in [0.05, 0.1) is 0 Å². The number of carbonyl (C=O) groups is 1. The molecule has 0 aromatic heterocycles. The first-order valence-corrected chi connectivity index (χ1v) is 19.3. The number of allylic oxidation sites excluding steroid dienone is 1. The van der Waals surface area contributed by atoms with Gasteiger partial charge in [-0.25, -0.2) is 0 Å². The van der Waals surface area contributed by atoms with Crippen molar-refractivity contribution < 1.29 is 9.53 Å². The van der Waals surface area contributed by atoms with Crippen molar-refractivity contribution in [2.24, 2.45) is 34.5 Å². The van der Waals surface area contributed by atoms with Gasteiger partial charge in [-0.1, -0.05) is 136 Å². The predicted molar refractivity (Wildman–Crippen MR) is 180 cm³/mol. The minimum Gasteiger partial charge on any atom is -0.462 e. The Morgan fingerprint density at radius 2 is 1.36 bits per heavy atom. The molecule has 242 valence electrons. The molecule has 2 heteroatoms. The van der Waals surface area contributed by atoms with Gasteiger partial charge in [0.1, 0.15) is 6.10 Å². The van der Waals surface area contributed by atoms with E-state index in [1.807, 2.05) is 0 Å². The maximum atomic E-state index is 12.7. The van der Waals surface area contributed by atoms with Crippen molar-refractivity contribution in [3.63, 3.8) is 0 Å². The highest BCUT2D eigenvalue weighted by molar-refractivity contribution is 5.69. The zero-order valence-corrected chi connectivity index (χ0v) is 28.7. The summed E-state index contributed by atoms with van der Waals surface area (Å²) in [4.78, 5) is 12.7. The maximum Gasteiger partial charge on any atom is 0.306 e. The number of fused-ring (bicyclic) bond motifs is 5. The second-order valence-corrected chi connectivity index (χ2v) is 15.9. The summed E-state index contributed by atoms with van der Waals surface area (Å²) in [5, 5.41) is 0. The quantitative estimate of drug-likeness (QED) is 0.0860. The third kappa shape index (κ3) is 8.68. The molecule has 0 amide bonds. The molecule has 42 heavy (non-hydrogen) atoms. The number of unbranched alkanes of at least 4 members (excludes halogenated alkanes) is 14. The Hall–Kier alpha value is -0.790. The van der Waals surface area contributed by atoms with E-state index in [1.54, 1.807) is 5.57 Å². The van der Waals surface area contributed by atoms with Crippen LogP contribution in [-0.2, 0) is 9.53 Å². The molecule has 0 unspecified atom stereocenters. The smallest absolute Gasteiger partial charge is 0.306 e. The molecular formula is C40H70O2. The molecule has 4 aliphatic rings. The molecule has 0 N–H and O–H groups in total. The molecule has 0 heterocycles. The number of rotatable bonds is 19. The third-order valence-corrected chi connectivity index (χ3v) is 13.2. The molecule has 0 radical (unpaired) electrons. The Kier molecular flexibility index (Phi) is 13.8. The first kappa shape index (κ1) is 34.1. The molecular weight excluding hydrogens is 512 g/mol. The number of carbonyl (C=O) groups excluding carboxylic acids is 1. The maximum absolute atomic E-state index is 12.7. The summed E-state index contributed by atoms with van der Waals surface area (Å²) in [6, 6.07) is 0. The van der Waals surface area contributed by atoms with E-state index in [0.717, 1.165) is 42.9 Å². The van der Waals surface area contributed by atoms with Crippen LogP contribution in [0.4, 0.5) is 0 Å². The van der Waals surface area contributed by atoms with Crippen LogP contribution in [0, 0.1) is 34.5 Å². The number of hydrogen-bond acceptors (Lipinski definition) is 2. The Balaban J connectivity index is 1.18. The lowest BCUT2D eigenvalue weighted by molar-refractivity contribution is -0.151. The standard InChI is InChI=1S/C40H70O2/c1-5-7-9-11-13-14-15-16-18-20-22-38(41)42-34-27-29-40(4)33(31-34)23-25-35-36-26-24-32(21-19-17-12-10-8-6-2)39(36,3)30-28-37(35)40/h23,32,34-37H,5-22,24-31H2,1-4H3/t32-,34+,35+,36-,37+,39-,40+/m1/s1. The molecule has 0 bridgehead atoms. The van der Waals surface area contributed by atoms with E-state index in [0.29, 0.717) is 17.3 Å². The minimum atomic E-state index is 0.0632. The third-order valence-electron chi connectivity index (χ3n) is 13.2. The van der Waals surface area contributed by atoms with Crippen LogP contribution in [0.15, 0.2) is 11.6 Å². The van der Waals surface area contributed by atoms with Crippen molar-refractivity contribution in [1.82, 2.24) is 0 Å². The van der Waals surface area contributed by atoms with Gasteiger partial charge in [-0.15, -0.1) is 0 Å². The monoisotopic (exact) mass is 583 g/mol. The van der Waals surface area contributed by atoms with Gasteiger partial charge in [-0.2, -0.15) is 0 Å². The van der Waals surface area contributed by atoms with Gasteiger partial charge in [-0.3, -0.25) is 4.79 Å². The SMILES string of the molecule is CCCCCCCCCCCCC(=O)O[C@H]1CC[C@@]2(C)C(=CC[C@H]3[C@H]4CC[C@@H](CCCCCCCC)[C@@]4(C)CC[C@@H]32)C1. The lowest BCUT2D eigenvalue weighted by Crippen LogP contribution is -2.50. The van der Waals surface area contributed by atoms with Crippen LogP contribution in [0.2, 0.25) is 0 Å². The fraction of sp³-hybridized carbons (Fsp3) is 0.925. The fourth-order valence-electron chi connectivity index (χ4n) is 10.5. The molecule has 0 aromatic carbocycles. The summed E-state index contributed by atoms with van der Waals surface area (Å²) in [5.74, 6) is 3.72. The van der Waals surface area contributed by atoms with Gasteiger partial charge >= 0.3 is 5.97 Å². The van der Waals surface area contributed by atoms with Gasteiger partial charge in [0.2, 0.25) is 0 Å². The second-order valence-electron chi connectivity index (χ2n) is 15.9. The molecule has 0 aromatic rings. The molecule has 4 aliphatic carbocycles. The van der Waals surface area contributed by atoms with E-state index >= 15 is 0 Å². The van der Waals surface area contributed by atoms with Crippen LogP contribution in [-0.4, -0.2) is 12.1 Å². The largest absolute Gasteiger partial charge is 0.462 e. The zero-order valence-electron chi connectivity index (χ0n) is 28.7. The van der Waals surface area contributed by atoms with E-state index in [1.165, 1.54) is 141 Å². The lowest BCUT2D eigenvalue weighted by atomic mass is 9.47. The van der Waals surface area contributed by atoms with Crippen LogP contribution < -0.4 is 0 Å². The van der Waals surface area contributed by atoms with Crippen molar-refractivity contribution in [1.29, 1.82) is 0 Å². The normalized spacial score (nSPS) is 33.9. The topological polar surface area (TPSA) is 26.3 Å². The van der Waals surface area contributed by atoms with Crippen LogP contribution in [0.25, 0.3) is 0 Å². The molecule has 7 atom stereocenters. The molecule has 4 rings (SSSR count). The van der Waals surface area contributed by atoms with Crippen LogP contribution >= 0.6 is 0 Å². The van der Waals surface area contributed by atoms with Crippen LogP contribution in [0.5, 0.6) is 0 Å². The fourth-order valence-corrected chi connectivity index (χ4v) is 10.5. The molecule has 0 saturated heterocycles. The van der Waals surface area contributed by atoms with Gasteiger partial charge < -0.3 is 4.74 Å².